The van der Waals surface area contributed by atoms with E-state index < -0.39 is 0 Å². The highest BCUT2D eigenvalue weighted by molar-refractivity contribution is 7.15. The monoisotopic (exact) mass is 436 g/mol. The number of rotatable bonds is 6. The lowest BCUT2D eigenvalue weighted by molar-refractivity contribution is 0.0732. The number of aryl methyl sites for hydroxylation is 2. The zero-order chi connectivity index (χ0) is 22.0. The van der Waals surface area contributed by atoms with Gasteiger partial charge in [-0.1, -0.05) is 29.8 Å². The van der Waals surface area contributed by atoms with E-state index in [0.717, 1.165) is 58.3 Å². The van der Waals surface area contributed by atoms with Crippen molar-refractivity contribution in [1.82, 2.24) is 9.88 Å². The van der Waals surface area contributed by atoms with Crippen molar-refractivity contribution < 1.29 is 14.3 Å². The summed E-state index contributed by atoms with van der Waals surface area (Å²) in [6.45, 7) is 4.79. The topological polar surface area (TPSA) is 51.7 Å². The lowest BCUT2D eigenvalue weighted by Crippen LogP contribution is -2.37. The molecule has 3 aromatic rings. The van der Waals surface area contributed by atoms with E-state index in [2.05, 4.69) is 30.1 Å². The molecule has 1 fully saturated rings. The van der Waals surface area contributed by atoms with Gasteiger partial charge in [0.05, 0.1) is 24.1 Å². The first kappa shape index (κ1) is 21.4. The number of nitrogens with zero attached hydrogens (tertiary/aromatic N) is 2. The van der Waals surface area contributed by atoms with Crippen LogP contribution < -0.4 is 9.47 Å². The molecule has 1 aromatic heterocycles. The third-order valence-corrected chi connectivity index (χ3v) is 6.76. The standard InChI is InChI=1S/C25H28N2O3S/c1-16-7-5-8-19(11-16)24-23(26-17(2)31-24)25(28)27-10-6-9-20(27)12-18-13-21(29-3)15-22(14-18)30-4/h5,7-8,11,13-15,20H,6,9-10,12H2,1-4H3/t20-/m0/s1. The molecule has 0 unspecified atom stereocenters. The van der Waals surface area contributed by atoms with Gasteiger partial charge in [-0.05, 0) is 56.4 Å². The third kappa shape index (κ3) is 4.59. The van der Waals surface area contributed by atoms with Crippen molar-refractivity contribution >= 4 is 17.2 Å². The van der Waals surface area contributed by atoms with E-state index in [1.54, 1.807) is 25.6 Å². The van der Waals surface area contributed by atoms with Crippen LogP contribution in [0.3, 0.4) is 0 Å². The second-order valence-electron chi connectivity index (χ2n) is 8.00. The molecular weight excluding hydrogens is 408 g/mol. The Bertz CT molecular complexity index is 1070. The zero-order valence-electron chi connectivity index (χ0n) is 18.5. The van der Waals surface area contributed by atoms with Crippen LogP contribution in [0.15, 0.2) is 42.5 Å². The molecule has 0 spiro atoms. The molecule has 0 radical (unpaired) electrons. The van der Waals surface area contributed by atoms with E-state index in [1.165, 1.54) is 5.56 Å². The van der Waals surface area contributed by atoms with Gasteiger partial charge in [-0.2, -0.15) is 0 Å². The van der Waals surface area contributed by atoms with Gasteiger partial charge in [-0.3, -0.25) is 4.79 Å². The summed E-state index contributed by atoms with van der Waals surface area (Å²) in [6.07, 6.45) is 2.75. The van der Waals surface area contributed by atoms with E-state index in [-0.39, 0.29) is 11.9 Å². The second kappa shape index (κ2) is 9.10. The molecule has 6 heteroatoms. The highest BCUT2D eigenvalue weighted by Gasteiger charge is 2.32. The summed E-state index contributed by atoms with van der Waals surface area (Å²) < 4.78 is 10.8. The summed E-state index contributed by atoms with van der Waals surface area (Å²) in [5.41, 5.74) is 3.91. The van der Waals surface area contributed by atoms with Crippen molar-refractivity contribution in [1.29, 1.82) is 0 Å². The molecule has 0 bridgehead atoms. The van der Waals surface area contributed by atoms with Gasteiger partial charge in [0.2, 0.25) is 0 Å². The smallest absolute Gasteiger partial charge is 0.274 e. The van der Waals surface area contributed by atoms with Crippen LogP contribution in [-0.4, -0.2) is 42.6 Å². The van der Waals surface area contributed by atoms with E-state index >= 15 is 0 Å². The van der Waals surface area contributed by atoms with Crippen LogP contribution in [0.2, 0.25) is 0 Å². The molecule has 1 amide bonds. The molecule has 4 rings (SSSR count). The minimum Gasteiger partial charge on any atom is -0.497 e. The normalized spacial score (nSPS) is 15.9. The number of amides is 1. The van der Waals surface area contributed by atoms with Gasteiger partial charge in [0, 0.05) is 18.7 Å². The molecule has 0 aliphatic carbocycles. The summed E-state index contributed by atoms with van der Waals surface area (Å²) in [4.78, 5) is 21.2. The fourth-order valence-electron chi connectivity index (χ4n) is 4.26. The Hall–Kier alpha value is -2.86. The number of carbonyl (C=O) groups excluding carboxylic acids is 1. The molecule has 162 valence electrons. The third-order valence-electron chi connectivity index (χ3n) is 5.74. The highest BCUT2D eigenvalue weighted by atomic mass is 32.1. The maximum atomic E-state index is 13.6. The van der Waals surface area contributed by atoms with Crippen LogP contribution in [0.1, 0.15) is 39.5 Å². The number of hydrogen-bond acceptors (Lipinski definition) is 5. The predicted molar refractivity (Wildman–Crippen MR) is 124 cm³/mol. The second-order valence-corrected chi connectivity index (χ2v) is 9.20. The van der Waals surface area contributed by atoms with Crippen molar-refractivity contribution in [3.63, 3.8) is 0 Å². The number of likely N-dealkylation sites (tertiary alicyclic amines) is 1. The Balaban J connectivity index is 1.61. The first-order valence-electron chi connectivity index (χ1n) is 10.6. The molecule has 2 heterocycles. The quantitative estimate of drug-likeness (QED) is 0.527. The molecule has 2 aromatic carbocycles. The van der Waals surface area contributed by atoms with Crippen LogP contribution in [0.4, 0.5) is 0 Å². The molecule has 0 N–H and O–H groups in total. The number of thiazole rings is 1. The molecule has 1 aliphatic rings. The van der Waals surface area contributed by atoms with Crippen molar-refractivity contribution in [2.45, 2.75) is 39.2 Å². The largest absolute Gasteiger partial charge is 0.497 e. The Kier molecular flexibility index (Phi) is 6.28. The zero-order valence-corrected chi connectivity index (χ0v) is 19.3. The summed E-state index contributed by atoms with van der Waals surface area (Å²) >= 11 is 1.59. The maximum Gasteiger partial charge on any atom is 0.274 e. The van der Waals surface area contributed by atoms with Crippen LogP contribution in [0.5, 0.6) is 11.5 Å². The summed E-state index contributed by atoms with van der Waals surface area (Å²) in [6, 6.07) is 14.3. The number of ether oxygens (including phenoxy) is 2. The molecule has 1 saturated heterocycles. The number of benzene rings is 2. The van der Waals surface area contributed by atoms with Gasteiger partial charge in [0.1, 0.15) is 17.2 Å². The highest BCUT2D eigenvalue weighted by Crippen LogP contribution is 2.34. The summed E-state index contributed by atoms with van der Waals surface area (Å²) in [5.74, 6) is 1.56. The first-order valence-corrected chi connectivity index (χ1v) is 11.4. The van der Waals surface area contributed by atoms with Crippen LogP contribution in [0.25, 0.3) is 10.4 Å². The van der Waals surface area contributed by atoms with Gasteiger partial charge in [-0.15, -0.1) is 11.3 Å². The van der Waals surface area contributed by atoms with E-state index in [9.17, 15) is 4.79 Å². The summed E-state index contributed by atoms with van der Waals surface area (Å²) in [5, 5.41) is 0.910. The van der Waals surface area contributed by atoms with Crippen molar-refractivity contribution in [2.24, 2.45) is 0 Å². The van der Waals surface area contributed by atoms with Gasteiger partial charge in [-0.25, -0.2) is 4.98 Å². The number of aromatic nitrogens is 1. The SMILES string of the molecule is COc1cc(C[C@@H]2CCCN2C(=O)c2nc(C)sc2-c2cccc(C)c2)cc(OC)c1. The lowest BCUT2D eigenvalue weighted by Gasteiger charge is -2.25. The Morgan fingerprint density at radius 1 is 1.13 bits per heavy atom. The minimum atomic E-state index is 0.0261. The number of carbonyl (C=O) groups is 1. The van der Waals surface area contributed by atoms with Gasteiger partial charge in [0.25, 0.3) is 5.91 Å². The first-order chi connectivity index (χ1) is 15.0. The van der Waals surface area contributed by atoms with E-state index in [4.69, 9.17) is 9.47 Å². The molecule has 5 nitrogen and oxygen atoms in total. The van der Waals surface area contributed by atoms with Crippen molar-refractivity contribution in [3.05, 3.63) is 64.3 Å². The molecular formula is C25H28N2O3S. The lowest BCUT2D eigenvalue weighted by atomic mass is 10.0. The predicted octanol–water partition coefficient (Wildman–Crippen LogP) is 5.29. The molecule has 31 heavy (non-hydrogen) atoms. The number of hydrogen-bond donors (Lipinski definition) is 0. The van der Waals surface area contributed by atoms with E-state index in [0.29, 0.717) is 5.69 Å². The Morgan fingerprint density at radius 3 is 2.55 bits per heavy atom. The van der Waals surface area contributed by atoms with Gasteiger partial charge in [0.15, 0.2) is 0 Å². The maximum absolute atomic E-state index is 13.6. The van der Waals surface area contributed by atoms with Gasteiger partial charge < -0.3 is 14.4 Å². The molecule has 1 atom stereocenters. The minimum absolute atomic E-state index is 0.0261. The van der Waals surface area contributed by atoms with Crippen molar-refractivity contribution in [3.8, 4) is 21.9 Å². The Morgan fingerprint density at radius 2 is 1.87 bits per heavy atom. The van der Waals surface area contributed by atoms with Gasteiger partial charge >= 0.3 is 0 Å². The van der Waals surface area contributed by atoms with Crippen LogP contribution >= 0.6 is 11.3 Å². The average Bonchev–Trinajstić information content (AvgIpc) is 3.39. The number of methoxy groups -OCH3 is 2. The van der Waals surface area contributed by atoms with E-state index in [1.807, 2.05) is 36.1 Å². The van der Waals surface area contributed by atoms with Crippen LogP contribution in [0, 0.1) is 13.8 Å². The fraction of sp³-hybridized carbons (Fsp3) is 0.360. The van der Waals surface area contributed by atoms with Crippen LogP contribution in [-0.2, 0) is 6.42 Å². The average molecular weight is 437 g/mol. The molecule has 1 aliphatic heterocycles. The fourth-order valence-corrected chi connectivity index (χ4v) is 5.17. The molecule has 0 saturated carbocycles. The summed E-state index contributed by atoms with van der Waals surface area (Å²) in [7, 11) is 3.31. The Labute approximate surface area is 187 Å². The van der Waals surface area contributed by atoms with Crippen molar-refractivity contribution in [2.75, 3.05) is 20.8 Å².